The van der Waals surface area contributed by atoms with E-state index in [1.807, 2.05) is 0 Å². The SMILES string of the molecule is [CH]1CC/C=C/CCCCCCCCC1. The molecule has 1 aliphatic rings. The molecule has 0 nitrogen and oxygen atoms in total. The van der Waals surface area contributed by atoms with Crippen molar-refractivity contribution in [3.63, 3.8) is 0 Å². The fourth-order valence-electron chi connectivity index (χ4n) is 2.03. The molecule has 0 aromatic rings. The molecule has 1 aliphatic carbocycles. The van der Waals surface area contributed by atoms with Crippen molar-refractivity contribution in [2.75, 3.05) is 0 Å². The maximum absolute atomic E-state index is 2.47. The molecule has 0 atom stereocenters. The van der Waals surface area contributed by atoms with Gasteiger partial charge in [-0.2, -0.15) is 0 Å². The lowest BCUT2D eigenvalue weighted by Gasteiger charge is -2.02. The Bertz CT molecular complexity index is 119. The van der Waals surface area contributed by atoms with Crippen LogP contribution in [-0.2, 0) is 0 Å². The quantitative estimate of drug-likeness (QED) is 0.472. The third-order valence-electron chi connectivity index (χ3n) is 2.98. The summed E-state index contributed by atoms with van der Waals surface area (Å²) in [5.41, 5.74) is 0. The molecule has 1 rings (SSSR count). The lowest BCUT2D eigenvalue weighted by Crippen LogP contribution is -1.83. The Kier molecular flexibility index (Phi) is 7.85. The Balaban J connectivity index is 2.09. The predicted molar refractivity (Wildman–Crippen MR) is 64.2 cm³/mol. The van der Waals surface area contributed by atoms with Crippen LogP contribution in [0.15, 0.2) is 12.2 Å². The van der Waals surface area contributed by atoms with Crippen LogP contribution in [0.4, 0.5) is 0 Å². The summed E-state index contributed by atoms with van der Waals surface area (Å²) in [6.07, 6.45) is 22.5. The van der Waals surface area contributed by atoms with Gasteiger partial charge in [0.25, 0.3) is 0 Å². The molecule has 0 heterocycles. The van der Waals surface area contributed by atoms with E-state index in [4.69, 9.17) is 0 Å². The second-order valence-corrected chi connectivity index (χ2v) is 4.39. The molecule has 0 fully saturated rings. The topological polar surface area (TPSA) is 0 Å². The average Bonchev–Trinajstić information content (AvgIpc) is 2.22. The van der Waals surface area contributed by atoms with Gasteiger partial charge in [-0.25, -0.2) is 0 Å². The monoisotopic (exact) mass is 193 g/mol. The third kappa shape index (κ3) is 7.17. The zero-order valence-corrected chi connectivity index (χ0v) is 9.51. The largest absolute Gasteiger partial charge is 0.0885 e. The maximum Gasteiger partial charge on any atom is -0.0348 e. The molecule has 0 amide bonds. The highest BCUT2D eigenvalue weighted by atomic mass is 14.0. The van der Waals surface area contributed by atoms with Gasteiger partial charge in [-0.15, -0.1) is 0 Å². The Morgan fingerprint density at radius 2 is 1.00 bits per heavy atom. The van der Waals surface area contributed by atoms with Gasteiger partial charge in [0.1, 0.15) is 0 Å². The molecule has 0 unspecified atom stereocenters. The van der Waals surface area contributed by atoms with Gasteiger partial charge in [0.2, 0.25) is 0 Å². The Morgan fingerprint density at radius 3 is 1.79 bits per heavy atom. The van der Waals surface area contributed by atoms with Crippen molar-refractivity contribution >= 4 is 0 Å². The van der Waals surface area contributed by atoms with Crippen molar-refractivity contribution in [2.45, 2.75) is 70.6 Å². The highest BCUT2D eigenvalue weighted by Crippen LogP contribution is 2.12. The molecular weight excluding hydrogens is 168 g/mol. The fourth-order valence-corrected chi connectivity index (χ4v) is 2.03. The minimum Gasteiger partial charge on any atom is -0.0885 e. The van der Waals surface area contributed by atoms with Gasteiger partial charge in [-0.05, 0) is 32.1 Å². The number of rotatable bonds is 0. The minimum atomic E-state index is 1.26. The normalized spacial score (nSPS) is 25.1. The minimum absolute atomic E-state index is 1.26. The summed E-state index contributed by atoms with van der Waals surface area (Å²) < 4.78 is 0. The predicted octanol–water partition coefficient (Wildman–Crippen LogP) is 5.05. The van der Waals surface area contributed by atoms with Crippen LogP contribution in [0.5, 0.6) is 0 Å². The zero-order valence-electron chi connectivity index (χ0n) is 9.51. The van der Waals surface area contributed by atoms with Gasteiger partial charge >= 0.3 is 0 Å². The first-order valence-electron chi connectivity index (χ1n) is 6.47. The van der Waals surface area contributed by atoms with Gasteiger partial charge < -0.3 is 0 Å². The van der Waals surface area contributed by atoms with Crippen molar-refractivity contribution in [3.05, 3.63) is 18.6 Å². The van der Waals surface area contributed by atoms with E-state index in [-0.39, 0.29) is 0 Å². The van der Waals surface area contributed by atoms with Gasteiger partial charge in [0.05, 0.1) is 0 Å². The van der Waals surface area contributed by atoms with E-state index in [0.29, 0.717) is 0 Å². The van der Waals surface area contributed by atoms with Crippen molar-refractivity contribution in [3.8, 4) is 0 Å². The van der Waals surface area contributed by atoms with Crippen LogP contribution in [0.3, 0.4) is 0 Å². The smallest absolute Gasteiger partial charge is 0.0348 e. The zero-order chi connectivity index (χ0) is 9.90. The molecule has 0 heteroatoms. The maximum atomic E-state index is 2.47. The van der Waals surface area contributed by atoms with Crippen LogP contribution in [0, 0.1) is 6.42 Å². The van der Waals surface area contributed by atoms with Crippen LogP contribution >= 0.6 is 0 Å². The van der Waals surface area contributed by atoms with Gasteiger partial charge in [-0.1, -0.05) is 57.1 Å². The van der Waals surface area contributed by atoms with Crippen LogP contribution in [0.1, 0.15) is 70.6 Å². The van der Waals surface area contributed by atoms with E-state index in [0.717, 1.165) is 0 Å². The molecular formula is C14H25. The van der Waals surface area contributed by atoms with Crippen LogP contribution < -0.4 is 0 Å². The third-order valence-corrected chi connectivity index (χ3v) is 2.98. The summed E-state index contributed by atoms with van der Waals surface area (Å²) >= 11 is 0. The van der Waals surface area contributed by atoms with Crippen molar-refractivity contribution in [2.24, 2.45) is 0 Å². The molecule has 1 radical (unpaired) electrons. The van der Waals surface area contributed by atoms with Crippen molar-refractivity contribution in [1.82, 2.24) is 0 Å². The summed E-state index contributed by atoms with van der Waals surface area (Å²) in [5, 5.41) is 0. The van der Waals surface area contributed by atoms with E-state index < -0.39 is 0 Å². The van der Waals surface area contributed by atoms with Gasteiger partial charge in [0, 0.05) is 0 Å². The lowest BCUT2D eigenvalue weighted by molar-refractivity contribution is 0.575. The summed E-state index contributed by atoms with van der Waals surface area (Å²) in [7, 11) is 0. The van der Waals surface area contributed by atoms with Crippen molar-refractivity contribution < 1.29 is 0 Å². The summed E-state index contributed by atoms with van der Waals surface area (Å²) in [4.78, 5) is 0. The first-order chi connectivity index (χ1) is 7.00. The van der Waals surface area contributed by atoms with E-state index in [1.54, 1.807) is 0 Å². The Morgan fingerprint density at radius 1 is 0.429 bits per heavy atom. The average molecular weight is 193 g/mol. The molecule has 0 spiro atoms. The molecule has 0 saturated carbocycles. The van der Waals surface area contributed by atoms with Gasteiger partial charge in [-0.3, -0.25) is 0 Å². The molecule has 81 valence electrons. The molecule has 0 saturated heterocycles. The molecule has 0 aliphatic heterocycles. The van der Waals surface area contributed by atoms with Gasteiger partial charge in [0.15, 0.2) is 0 Å². The van der Waals surface area contributed by atoms with Crippen molar-refractivity contribution in [1.29, 1.82) is 0 Å². The first-order valence-corrected chi connectivity index (χ1v) is 6.47. The molecule has 0 bridgehead atoms. The second kappa shape index (κ2) is 9.30. The summed E-state index contributed by atoms with van der Waals surface area (Å²) in [5.74, 6) is 0. The van der Waals surface area contributed by atoms with E-state index in [1.165, 1.54) is 70.6 Å². The second-order valence-electron chi connectivity index (χ2n) is 4.39. The van der Waals surface area contributed by atoms with Crippen LogP contribution in [0.25, 0.3) is 0 Å². The Labute approximate surface area is 89.8 Å². The highest BCUT2D eigenvalue weighted by molar-refractivity contribution is 4.83. The lowest BCUT2D eigenvalue weighted by atomic mass is 10.0. The Hall–Kier alpha value is -0.260. The summed E-state index contributed by atoms with van der Waals surface area (Å²) in [6.45, 7) is 0. The van der Waals surface area contributed by atoms with Crippen LogP contribution in [0.2, 0.25) is 0 Å². The fraction of sp³-hybridized carbons (Fsp3) is 0.786. The first kappa shape index (κ1) is 11.8. The van der Waals surface area contributed by atoms with E-state index in [2.05, 4.69) is 18.6 Å². The van der Waals surface area contributed by atoms with E-state index in [9.17, 15) is 0 Å². The molecule has 0 N–H and O–H groups in total. The molecule has 14 heavy (non-hydrogen) atoms. The molecule has 0 aromatic carbocycles. The number of hydrogen-bond donors (Lipinski definition) is 0. The number of allylic oxidation sites excluding steroid dienone is 2. The van der Waals surface area contributed by atoms with E-state index >= 15 is 0 Å². The number of hydrogen-bond acceptors (Lipinski definition) is 0. The van der Waals surface area contributed by atoms with Crippen LogP contribution in [-0.4, -0.2) is 0 Å². The highest BCUT2D eigenvalue weighted by Gasteiger charge is 1.93. The summed E-state index contributed by atoms with van der Waals surface area (Å²) in [6, 6.07) is 0. The standard InChI is InChI=1S/C14H25/c1-2-4-6-8-10-12-14-13-11-9-7-5-3-1/h1-2,7H,3-6,8-14H2/b2-1+. The molecule has 0 aromatic heterocycles.